The maximum atomic E-state index is 12.8. The number of aromatic amines is 1. The third kappa shape index (κ3) is 4.79. The summed E-state index contributed by atoms with van der Waals surface area (Å²) < 4.78 is 12.3. The van der Waals surface area contributed by atoms with Crippen molar-refractivity contribution in [3.8, 4) is 11.5 Å². The van der Waals surface area contributed by atoms with E-state index in [9.17, 15) is 9.59 Å². The van der Waals surface area contributed by atoms with Crippen molar-refractivity contribution in [1.82, 2.24) is 9.55 Å². The molecule has 0 aliphatic heterocycles. The van der Waals surface area contributed by atoms with Crippen LogP contribution in [0.3, 0.4) is 0 Å². The Bertz CT molecular complexity index is 1140. The third-order valence-corrected chi connectivity index (χ3v) is 5.89. The van der Waals surface area contributed by atoms with Crippen LogP contribution < -0.4 is 20.7 Å². The maximum Gasteiger partial charge on any atom is 0.329 e. The maximum absolute atomic E-state index is 12.8. The molecular weight excluding hydrogens is 400 g/mol. The Morgan fingerprint density at radius 3 is 2.07 bits per heavy atom. The number of aryl methyl sites for hydroxylation is 2. The van der Waals surface area contributed by atoms with Crippen LogP contribution in [0.5, 0.6) is 11.5 Å². The van der Waals surface area contributed by atoms with E-state index in [0.717, 1.165) is 21.6 Å². The van der Waals surface area contributed by atoms with Gasteiger partial charge in [0.25, 0.3) is 5.56 Å². The van der Waals surface area contributed by atoms with Crippen LogP contribution in [0, 0.1) is 13.8 Å². The van der Waals surface area contributed by atoms with Crippen LogP contribution in [0.2, 0.25) is 0 Å². The number of hydrogen-bond acceptors (Lipinski definition) is 5. The number of rotatable bonds is 7. The summed E-state index contributed by atoms with van der Waals surface area (Å²) in [7, 11) is 3.17. The summed E-state index contributed by atoms with van der Waals surface area (Å²) in [4.78, 5) is 28.7. The minimum atomic E-state index is -0.439. The van der Waals surface area contributed by atoms with E-state index >= 15 is 0 Å². The van der Waals surface area contributed by atoms with Crippen molar-refractivity contribution in [3.05, 3.63) is 79.5 Å². The molecule has 3 rings (SSSR count). The highest BCUT2D eigenvalue weighted by Gasteiger charge is 2.16. The van der Waals surface area contributed by atoms with E-state index in [2.05, 4.69) is 23.2 Å². The van der Waals surface area contributed by atoms with Crippen LogP contribution in [-0.4, -0.2) is 23.8 Å². The van der Waals surface area contributed by atoms with Gasteiger partial charge in [-0.1, -0.05) is 24.8 Å². The molecule has 0 radical (unpaired) electrons. The van der Waals surface area contributed by atoms with Crippen LogP contribution in [-0.2, 0) is 13.0 Å². The summed E-state index contributed by atoms with van der Waals surface area (Å²) in [6.45, 7) is 6.26. The van der Waals surface area contributed by atoms with Gasteiger partial charge in [0.1, 0.15) is 11.5 Å². The first-order valence-electron chi connectivity index (χ1n) is 9.68. The van der Waals surface area contributed by atoms with E-state index < -0.39 is 5.69 Å². The number of H-pyrrole nitrogens is 1. The van der Waals surface area contributed by atoms with Crippen LogP contribution in [0.15, 0.2) is 55.9 Å². The fourth-order valence-electron chi connectivity index (χ4n) is 3.41. The van der Waals surface area contributed by atoms with Crippen molar-refractivity contribution in [2.24, 2.45) is 0 Å². The van der Waals surface area contributed by atoms with Gasteiger partial charge in [0, 0.05) is 16.5 Å². The molecular formula is C23H26N2O4S. The molecule has 1 heterocycles. The van der Waals surface area contributed by atoms with Crippen molar-refractivity contribution in [2.75, 3.05) is 14.2 Å². The molecule has 0 aliphatic rings. The van der Waals surface area contributed by atoms with Crippen molar-refractivity contribution in [1.29, 1.82) is 0 Å². The molecule has 0 unspecified atom stereocenters. The first-order valence-corrected chi connectivity index (χ1v) is 10.5. The number of aromatic nitrogens is 2. The summed E-state index contributed by atoms with van der Waals surface area (Å²) >= 11 is 1.44. The summed E-state index contributed by atoms with van der Waals surface area (Å²) in [5.41, 5.74) is 2.91. The molecule has 158 valence electrons. The largest absolute Gasteiger partial charge is 0.497 e. The van der Waals surface area contributed by atoms with E-state index in [1.54, 1.807) is 24.9 Å². The van der Waals surface area contributed by atoms with E-state index in [1.165, 1.54) is 11.8 Å². The zero-order valence-electron chi connectivity index (χ0n) is 17.9. The molecule has 0 bridgehead atoms. The normalized spacial score (nSPS) is 10.8. The molecule has 7 heteroatoms. The van der Waals surface area contributed by atoms with Crippen molar-refractivity contribution >= 4 is 11.8 Å². The Balaban J connectivity index is 2.14. The topological polar surface area (TPSA) is 73.3 Å². The molecule has 0 fully saturated rings. The quantitative estimate of drug-likeness (QED) is 0.580. The standard InChI is InChI=1S/C23H26N2O4S/c1-6-20-21(26)24-23(27)25(13-16-10-17(28-4)12-18(11-16)29-5)22(20)30-19-8-14(2)7-15(3)9-19/h7-12H,6,13H2,1-5H3,(H,24,26,27). The molecule has 2 aromatic carbocycles. The molecule has 0 atom stereocenters. The SMILES string of the molecule is CCc1c(Sc2cc(C)cc(C)c2)n(Cc2cc(OC)cc(OC)c2)c(=O)[nH]c1=O. The average molecular weight is 427 g/mol. The van der Waals surface area contributed by atoms with E-state index in [1.807, 2.05) is 32.9 Å². The predicted octanol–water partition coefficient (Wildman–Crippen LogP) is 3.93. The van der Waals surface area contributed by atoms with Crippen LogP contribution >= 0.6 is 11.8 Å². The van der Waals surface area contributed by atoms with Gasteiger partial charge < -0.3 is 9.47 Å². The number of benzene rings is 2. The van der Waals surface area contributed by atoms with Crippen LogP contribution in [0.25, 0.3) is 0 Å². The first-order chi connectivity index (χ1) is 14.3. The Labute approximate surface area is 179 Å². The fraction of sp³-hybridized carbons (Fsp3) is 0.304. The second-order valence-electron chi connectivity index (χ2n) is 7.13. The van der Waals surface area contributed by atoms with Gasteiger partial charge in [-0.2, -0.15) is 0 Å². The van der Waals surface area contributed by atoms with Gasteiger partial charge in [0.2, 0.25) is 0 Å². The van der Waals surface area contributed by atoms with Gasteiger partial charge in [-0.15, -0.1) is 0 Å². The van der Waals surface area contributed by atoms with Crippen molar-refractivity contribution in [3.63, 3.8) is 0 Å². The Morgan fingerprint density at radius 2 is 1.53 bits per heavy atom. The Hall–Kier alpha value is -2.93. The van der Waals surface area contributed by atoms with Crippen molar-refractivity contribution in [2.45, 2.75) is 43.7 Å². The zero-order valence-corrected chi connectivity index (χ0v) is 18.7. The number of nitrogens with one attached hydrogen (secondary N) is 1. The Morgan fingerprint density at radius 1 is 0.933 bits per heavy atom. The highest BCUT2D eigenvalue weighted by Crippen LogP contribution is 2.31. The number of hydrogen-bond donors (Lipinski definition) is 1. The molecule has 3 aromatic rings. The highest BCUT2D eigenvalue weighted by molar-refractivity contribution is 7.99. The lowest BCUT2D eigenvalue weighted by molar-refractivity contribution is 0.393. The highest BCUT2D eigenvalue weighted by atomic mass is 32.2. The molecule has 0 amide bonds. The van der Waals surface area contributed by atoms with Gasteiger partial charge in [-0.25, -0.2) is 4.79 Å². The summed E-state index contributed by atoms with van der Waals surface area (Å²) in [6.07, 6.45) is 0.518. The number of ether oxygens (including phenoxy) is 2. The molecule has 0 spiro atoms. The number of nitrogens with zero attached hydrogens (tertiary/aromatic N) is 1. The molecule has 6 nitrogen and oxygen atoms in total. The lowest BCUT2D eigenvalue weighted by Gasteiger charge is -2.17. The molecule has 1 aromatic heterocycles. The average Bonchev–Trinajstić information content (AvgIpc) is 2.70. The van der Waals surface area contributed by atoms with Crippen molar-refractivity contribution < 1.29 is 9.47 Å². The van der Waals surface area contributed by atoms with Gasteiger partial charge in [-0.3, -0.25) is 14.3 Å². The second kappa shape index (κ2) is 9.26. The van der Waals surface area contributed by atoms with E-state index in [0.29, 0.717) is 28.5 Å². The first kappa shape index (κ1) is 21.8. The summed E-state index contributed by atoms with van der Waals surface area (Å²) in [5, 5.41) is 0.651. The second-order valence-corrected chi connectivity index (χ2v) is 8.19. The van der Waals surface area contributed by atoms with Gasteiger partial charge in [0.05, 0.1) is 25.8 Å². The minimum Gasteiger partial charge on any atom is -0.497 e. The molecule has 0 saturated carbocycles. The Kier molecular flexibility index (Phi) is 6.72. The smallest absolute Gasteiger partial charge is 0.329 e. The monoisotopic (exact) mass is 426 g/mol. The fourth-order valence-corrected chi connectivity index (χ4v) is 4.74. The summed E-state index contributed by atoms with van der Waals surface area (Å²) in [5.74, 6) is 1.28. The molecule has 30 heavy (non-hydrogen) atoms. The number of methoxy groups -OCH3 is 2. The van der Waals surface area contributed by atoms with E-state index in [4.69, 9.17) is 9.47 Å². The third-order valence-electron chi connectivity index (χ3n) is 4.76. The van der Waals surface area contributed by atoms with Crippen LogP contribution in [0.4, 0.5) is 0 Å². The zero-order chi connectivity index (χ0) is 21.8. The molecule has 0 aliphatic carbocycles. The van der Waals surface area contributed by atoms with Crippen LogP contribution in [0.1, 0.15) is 29.2 Å². The van der Waals surface area contributed by atoms with Gasteiger partial charge in [0.15, 0.2) is 0 Å². The van der Waals surface area contributed by atoms with Gasteiger partial charge >= 0.3 is 5.69 Å². The van der Waals surface area contributed by atoms with Gasteiger partial charge in [-0.05, 0) is 61.2 Å². The molecule has 1 N–H and O–H groups in total. The minimum absolute atomic E-state index is 0.281. The predicted molar refractivity (Wildman–Crippen MR) is 119 cm³/mol. The molecule has 0 saturated heterocycles. The summed E-state index contributed by atoms with van der Waals surface area (Å²) in [6, 6.07) is 11.7. The lowest BCUT2D eigenvalue weighted by atomic mass is 10.2. The van der Waals surface area contributed by atoms with E-state index in [-0.39, 0.29) is 12.1 Å². The lowest BCUT2D eigenvalue weighted by Crippen LogP contribution is -2.34.